The Morgan fingerprint density at radius 3 is 3.00 bits per heavy atom. The van der Waals surface area contributed by atoms with Gasteiger partial charge in [0.05, 0.1) is 17.7 Å². The fourth-order valence-electron chi connectivity index (χ4n) is 2.34. The topological polar surface area (TPSA) is 38.3 Å². The summed E-state index contributed by atoms with van der Waals surface area (Å²) in [5, 5.41) is 3.15. The Hall–Kier alpha value is -0.410. The lowest BCUT2D eigenvalue weighted by Gasteiger charge is -2.20. The molecule has 2 heterocycles. The van der Waals surface area contributed by atoms with E-state index in [4.69, 9.17) is 4.74 Å². The number of ether oxygens (including phenoxy) is 1. The minimum Gasteiger partial charge on any atom is -0.370 e. The first-order valence-electron chi connectivity index (χ1n) is 4.49. The monoisotopic (exact) mass is 169 g/mol. The largest absolute Gasteiger partial charge is 0.370 e. The minimum absolute atomic E-state index is 0.0291. The highest BCUT2D eigenvalue weighted by molar-refractivity contribution is 5.59. The van der Waals surface area contributed by atoms with Gasteiger partial charge in [0.15, 0.2) is 0 Å². The fourth-order valence-corrected chi connectivity index (χ4v) is 2.34. The number of fused-ring (bicyclic) bond motifs is 1. The smallest absolute Gasteiger partial charge is 0.139 e. The zero-order chi connectivity index (χ0) is 8.77. The van der Waals surface area contributed by atoms with Crippen molar-refractivity contribution in [3.63, 3.8) is 0 Å². The van der Waals surface area contributed by atoms with E-state index in [9.17, 15) is 4.79 Å². The summed E-state index contributed by atoms with van der Waals surface area (Å²) < 4.78 is 5.78. The highest BCUT2D eigenvalue weighted by atomic mass is 16.5. The summed E-state index contributed by atoms with van der Waals surface area (Å²) in [6.07, 6.45) is 2.15. The lowest BCUT2D eigenvalue weighted by Crippen LogP contribution is -2.35. The second-order valence-electron chi connectivity index (χ2n) is 4.38. The number of hydrogen-bond donors (Lipinski definition) is 1. The summed E-state index contributed by atoms with van der Waals surface area (Å²) in [6, 6.07) is -0.0724. The third-order valence-corrected chi connectivity index (χ3v) is 2.79. The van der Waals surface area contributed by atoms with Crippen molar-refractivity contribution in [1.82, 2.24) is 5.32 Å². The molecule has 0 saturated carbocycles. The van der Waals surface area contributed by atoms with E-state index in [0.717, 1.165) is 19.3 Å². The van der Waals surface area contributed by atoms with Crippen LogP contribution in [-0.4, -0.2) is 30.6 Å². The number of aldehydes is 1. The summed E-state index contributed by atoms with van der Waals surface area (Å²) in [6.45, 7) is 5.11. The number of hydrogen-bond acceptors (Lipinski definition) is 3. The quantitative estimate of drug-likeness (QED) is 0.575. The molecule has 2 fully saturated rings. The molecule has 0 amide bonds. The molecule has 2 aliphatic rings. The van der Waals surface area contributed by atoms with Gasteiger partial charge in [-0.2, -0.15) is 0 Å². The van der Waals surface area contributed by atoms with E-state index in [0.29, 0.717) is 5.92 Å². The molecule has 0 spiro atoms. The van der Waals surface area contributed by atoms with Gasteiger partial charge < -0.3 is 14.8 Å². The number of nitrogens with one attached hydrogen (secondary N) is 1. The summed E-state index contributed by atoms with van der Waals surface area (Å²) in [7, 11) is 0. The molecule has 1 N–H and O–H groups in total. The van der Waals surface area contributed by atoms with Gasteiger partial charge in [-0.3, -0.25) is 0 Å². The average Bonchev–Trinajstić information content (AvgIpc) is 2.42. The predicted octanol–water partition coefficient (Wildman–Crippen LogP) is 0.341. The second-order valence-corrected chi connectivity index (χ2v) is 4.38. The van der Waals surface area contributed by atoms with Crippen LogP contribution in [0.2, 0.25) is 0 Å². The lowest BCUT2D eigenvalue weighted by molar-refractivity contribution is -0.113. The summed E-state index contributed by atoms with van der Waals surface area (Å²) in [5.74, 6) is 0.537. The number of rotatable bonds is 1. The first-order chi connectivity index (χ1) is 5.62. The predicted molar refractivity (Wildman–Crippen MR) is 44.9 cm³/mol. The molecule has 12 heavy (non-hydrogen) atoms. The summed E-state index contributed by atoms with van der Waals surface area (Å²) in [4.78, 5) is 10.6. The Labute approximate surface area is 72.5 Å². The van der Waals surface area contributed by atoms with Gasteiger partial charge >= 0.3 is 0 Å². The minimum atomic E-state index is -0.0724. The van der Waals surface area contributed by atoms with Gasteiger partial charge in [-0.25, -0.2) is 0 Å². The van der Waals surface area contributed by atoms with E-state index in [2.05, 4.69) is 19.2 Å². The molecule has 0 aromatic rings. The molecule has 0 bridgehead atoms. The van der Waals surface area contributed by atoms with Crippen molar-refractivity contribution in [2.24, 2.45) is 5.92 Å². The van der Waals surface area contributed by atoms with Crippen LogP contribution < -0.4 is 5.32 Å². The molecule has 3 heteroatoms. The highest BCUT2D eigenvalue weighted by Crippen LogP contribution is 2.38. The molecule has 0 aliphatic carbocycles. The van der Waals surface area contributed by atoms with Crippen LogP contribution in [0.1, 0.15) is 20.3 Å². The molecule has 1 unspecified atom stereocenters. The maximum atomic E-state index is 10.6. The Bertz CT molecular complexity index is 203. The van der Waals surface area contributed by atoms with Crippen LogP contribution in [0.5, 0.6) is 0 Å². The Balaban J connectivity index is 2.11. The van der Waals surface area contributed by atoms with Crippen LogP contribution in [0.4, 0.5) is 0 Å². The molecule has 0 aromatic heterocycles. The molecule has 2 aliphatic heterocycles. The van der Waals surface area contributed by atoms with Crippen molar-refractivity contribution in [2.45, 2.75) is 38.0 Å². The van der Waals surface area contributed by atoms with Crippen molar-refractivity contribution in [3.8, 4) is 0 Å². The van der Waals surface area contributed by atoms with Crippen LogP contribution in [0.15, 0.2) is 0 Å². The maximum Gasteiger partial charge on any atom is 0.139 e. The normalized spacial score (nSPS) is 44.3. The first-order valence-corrected chi connectivity index (χ1v) is 4.49. The van der Waals surface area contributed by atoms with Crippen molar-refractivity contribution >= 4 is 6.29 Å². The average molecular weight is 169 g/mol. The lowest BCUT2D eigenvalue weighted by atomic mass is 9.95. The molecular weight excluding hydrogens is 154 g/mol. The molecule has 3 atom stereocenters. The summed E-state index contributed by atoms with van der Waals surface area (Å²) in [5.41, 5.74) is -0.0291. The molecule has 2 saturated heterocycles. The second kappa shape index (κ2) is 2.54. The molecule has 3 nitrogen and oxygen atoms in total. The Morgan fingerprint density at radius 1 is 1.58 bits per heavy atom. The van der Waals surface area contributed by atoms with Gasteiger partial charge in [0.25, 0.3) is 0 Å². The van der Waals surface area contributed by atoms with Gasteiger partial charge in [0.2, 0.25) is 0 Å². The first kappa shape index (κ1) is 8.20. The summed E-state index contributed by atoms with van der Waals surface area (Å²) >= 11 is 0. The van der Waals surface area contributed by atoms with Gasteiger partial charge in [-0.15, -0.1) is 0 Å². The highest BCUT2D eigenvalue weighted by Gasteiger charge is 2.47. The van der Waals surface area contributed by atoms with Crippen LogP contribution >= 0.6 is 0 Å². The van der Waals surface area contributed by atoms with E-state index < -0.39 is 0 Å². The molecule has 2 rings (SSSR count). The van der Waals surface area contributed by atoms with E-state index in [1.807, 2.05) is 0 Å². The van der Waals surface area contributed by atoms with Gasteiger partial charge in [0.1, 0.15) is 6.29 Å². The third-order valence-electron chi connectivity index (χ3n) is 2.79. The Kier molecular flexibility index (Phi) is 1.73. The number of carbonyl (C=O) groups is 1. The van der Waals surface area contributed by atoms with Crippen LogP contribution in [0.3, 0.4) is 0 Å². The fraction of sp³-hybridized carbons (Fsp3) is 0.889. The van der Waals surface area contributed by atoms with E-state index in [-0.39, 0.29) is 17.7 Å². The van der Waals surface area contributed by atoms with E-state index >= 15 is 0 Å². The van der Waals surface area contributed by atoms with Crippen molar-refractivity contribution < 1.29 is 9.53 Å². The number of carbonyl (C=O) groups excluding carboxylic acids is 1. The zero-order valence-electron chi connectivity index (χ0n) is 7.54. The zero-order valence-corrected chi connectivity index (χ0v) is 7.54. The Morgan fingerprint density at radius 2 is 2.33 bits per heavy atom. The van der Waals surface area contributed by atoms with Crippen LogP contribution in [-0.2, 0) is 9.53 Å². The molecule has 0 aromatic carbocycles. The van der Waals surface area contributed by atoms with Crippen molar-refractivity contribution in [3.05, 3.63) is 0 Å². The molecular formula is C9H15NO2. The molecule has 68 valence electrons. The van der Waals surface area contributed by atoms with Gasteiger partial charge in [0, 0.05) is 12.5 Å². The standard InChI is InChI=1S/C9H15NO2/c1-9(2)3-6-4-10-7(5-11)8(6)12-9/h5-8,10H,3-4H2,1-2H3/t6-,7+,8?/m0/s1. The van der Waals surface area contributed by atoms with Crippen molar-refractivity contribution in [1.29, 1.82) is 0 Å². The van der Waals surface area contributed by atoms with Crippen LogP contribution in [0.25, 0.3) is 0 Å². The molecule has 0 radical (unpaired) electrons. The van der Waals surface area contributed by atoms with E-state index in [1.54, 1.807) is 0 Å². The van der Waals surface area contributed by atoms with Gasteiger partial charge in [-0.05, 0) is 20.3 Å². The van der Waals surface area contributed by atoms with E-state index in [1.165, 1.54) is 0 Å². The third kappa shape index (κ3) is 1.17. The van der Waals surface area contributed by atoms with Crippen LogP contribution in [0, 0.1) is 5.92 Å². The van der Waals surface area contributed by atoms with Gasteiger partial charge in [-0.1, -0.05) is 0 Å². The maximum absolute atomic E-state index is 10.6. The van der Waals surface area contributed by atoms with Crippen molar-refractivity contribution in [2.75, 3.05) is 6.54 Å². The SMILES string of the molecule is CC1(C)C[C@H]2CN[C@H](C=O)C2O1.